The second-order valence-electron chi connectivity index (χ2n) is 19.6. The number of hydrogen-bond donors (Lipinski definition) is 2. The highest BCUT2D eigenvalue weighted by atomic mass is 16.8. The van der Waals surface area contributed by atoms with Gasteiger partial charge in [-0.2, -0.15) is 0 Å². The number of ether oxygens (including phenoxy) is 5. The van der Waals surface area contributed by atoms with E-state index in [0.717, 1.165) is 92.2 Å². The van der Waals surface area contributed by atoms with Gasteiger partial charge in [-0.1, -0.05) is 137 Å². The summed E-state index contributed by atoms with van der Waals surface area (Å²) in [6.07, 6.45) is 22.8. The Hall–Kier alpha value is -4.68. The molecule has 69 heavy (non-hydrogen) atoms. The van der Waals surface area contributed by atoms with E-state index in [9.17, 15) is 15.0 Å². The number of benzene rings is 3. The summed E-state index contributed by atoms with van der Waals surface area (Å²) < 4.78 is 33.2. The van der Waals surface area contributed by atoms with Gasteiger partial charge in [0.25, 0.3) is 0 Å². The van der Waals surface area contributed by atoms with Crippen LogP contribution >= 0.6 is 0 Å². The standard InChI is InChI=1S/C58H80N2O9/c1-4-6-7-8-9-10-11-12-13-22-39-65-57(63)60(3)53-42-51(59-69-54-28-19-23-38-64-54)49-40-45(26-17-20-35-61)48(27-18-21-36-62)55-50-41-47(33-34-52(50)68-58(53,56(49)55)66-37-5-2)67-46-31-29-44(30-32-46)43-24-15-14-16-25-43/h5,14-16,24-25,29-34,40-41,45,48,53-56,61-62H,2,4,6-13,17-23,26-28,35-39,42H2,1,3H3. The molecule has 376 valence electrons. The van der Waals surface area contributed by atoms with Crippen LogP contribution in [0.2, 0.25) is 0 Å². The number of aliphatic hydroxyl groups excluding tert-OH is 2. The number of amides is 1. The summed E-state index contributed by atoms with van der Waals surface area (Å²) in [6, 6.07) is 23.8. The summed E-state index contributed by atoms with van der Waals surface area (Å²) in [6.45, 7) is 7.67. The molecule has 11 nitrogen and oxygen atoms in total. The number of aliphatic hydroxyl groups is 2. The SMILES string of the molecule is C=CCOC12Oc3ccc(Oc4ccc(-c5ccccc5)cc4)cc3C3C(CCCCO)C(CCCCO)C=C(C(=NOC4CCCCO4)CC1N(C)C(=O)OCCCCCCCCCCCC)C32. The molecule has 1 saturated carbocycles. The molecule has 1 saturated heterocycles. The van der Waals surface area contributed by atoms with E-state index >= 15 is 0 Å². The Morgan fingerprint density at radius 1 is 0.841 bits per heavy atom. The normalized spacial score (nSPS) is 24.3. The number of unbranched alkanes of at least 4 members (excludes halogenated alkanes) is 11. The van der Waals surface area contributed by atoms with E-state index in [-0.39, 0.29) is 44.0 Å². The van der Waals surface area contributed by atoms with Gasteiger partial charge in [-0.3, -0.25) is 0 Å². The van der Waals surface area contributed by atoms with Gasteiger partial charge in [0.1, 0.15) is 23.3 Å². The fraction of sp³-hybridized carbons (Fsp3) is 0.586. The minimum Gasteiger partial charge on any atom is -0.459 e. The fourth-order valence-electron chi connectivity index (χ4n) is 11.2. The van der Waals surface area contributed by atoms with Crippen molar-refractivity contribution in [3.8, 4) is 28.4 Å². The number of likely N-dealkylation sites (N-methyl/N-ethyl adjacent to an activating group) is 1. The number of carbonyl (C=O) groups is 1. The summed E-state index contributed by atoms with van der Waals surface area (Å²) in [5.74, 6) is 0.240. The van der Waals surface area contributed by atoms with Crippen molar-refractivity contribution in [3.63, 3.8) is 0 Å². The Balaban J connectivity index is 1.25. The lowest BCUT2D eigenvalue weighted by Crippen LogP contribution is -2.69. The van der Waals surface area contributed by atoms with Crippen molar-refractivity contribution in [2.45, 2.75) is 159 Å². The second-order valence-corrected chi connectivity index (χ2v) is 19.6. The van der Waals surface area contributed by atoms with Crippen molar-refractivity contribution >= 4 is 11.8 Å². The van der Waals surface area contributed by atoms with Crippen LogP contribution in [0.1, 0.15) is 147 Å². The lowest BCUT2D eigenvalue weighted by Gasteiger charge is -2.59. The van der Waals surface area contributed by atoms with E-state index in [1.54, 1.807) is 18.0 Å². The van der Waals surface area contributed by atoms with E-state index in [2.05, 4.69) is 49.9 Å². The average molecular weight is 949 g/mol. The maximum atomic E-state index is 14.4. The summed E-state index contributed by atoms with van der Waals surface area (Å²) in [5.41, 5.74) is 4.94. The molecule has 2 fully saturated rings. The van der Waals surface area contributed by atoms with Crippen LogP contribution in [-0.2, 0) is 19.0 Å². The van der Waals surface area contributed by atoms with Crippen molar-refractivity contribution in [3.05, 3.63) is 103 Å². The van der Waals surface area contributed by atoms with Gasteiger partial charge in [0.15, 0.2) is 0 Å². The highest BCUT2D eigenvalue weighted by Gasteiger charge is 2.65. The zero-order valence-electron chi connectivity index (χ0n) is 41.6. The molecule has 0 aromatic heterocycles. The molecule has 7 atom stereocenters. The topological polar surface area (TPSA) is 129 Å². The molecular formula is C58H80N2O9. The molecule has 0 bridgehead atoms. The molecular weight excluding hydrogens is 869 g/mol. The Morgan fingerprint density at radius 2 is 1.54 bits per heavy atom. The molecule has 4 aliphatic rings. The van der Waals surface area contributed by atoms with E-state index in [4.69, 9.17) is 33.7 Å². The largest absolute Gasteiger partial charge is 0.459 e. The summed E-state index contributed by atoms with van der Waals surface area (Å²) in [5, 5.41) is 25.0. The quantitative estimate of drug-likeness (QED) is 0.0415. The lowest BCUT2D eigenvalue weighted by atomic mass is 9.55. The van der Waals surface area contributed by atoms with Crippen LogP contribution in [0.4, 0.5) is 4.79 Å². The van der Waals surface area contributed by atoms with Crippen molar-refractivity contribution in [1.82, 2.24) is 4.90 Å². The molecule has 2 aliphatic carbocycles. The number of allylic oxidation sites excluding steroid dienone is 1. The van der Waals surface area contributed by atoms with Gasteiger partial charge in [0, 0.05) is 44.6 Å². The molecule has 2 N–H and O–H groups in total. The maximum absolute atomic E-state index is 14.4. The van der Waals surface area contributed by atoms with Crippen molar-refractivity contribution in [1.29, 1.82) is 0 Å². The van der Waals surface area contributed by atoms with Crippen LogP contribution in [0.3, 0.4) is 0 Å². The van der Waals surface area contributed by atoms with E-state index in [1.165, 1.54) is 44.9 Å². The summed E-state index contributed by atoms with van der Waals surface area (Å²) in [7, 11) is 1.79. The first-order valence-corrected chi connectivity index (χ1v) is 26.5. The highest BCUT2D eigenvalue weighted by Crippen LogP contribution is 2.62. The van der Waals surface area contributed by atoms with Gasteiger partial charge >= 0.3 is 6.09 Å². The summed E-state index contributed by atoms with van der Waals surface area (Å²) in [4.78, 5) is 22.3. The van der Waals surface area contributed by atoms with Crippen molar-refractivity contribution in [2.75, 3.05) is 40.1 Å². The smallest absolute Gasteiger partial charge is 0.409 e. The molecule has 7 unspecified atom stereocenters. The number of carbonyl (C=O) groups excluding carboxylic acids is 1. The van der Waals surface area contributed by atoms with E-state index < -0.39 is 30.1 Å². The van der Waals surface area contributed by atoms with Crippen molar-refractivity contribution < 1.29 is 43.5 Å². The predicted octanol–water partition coefficient (Wildman–Crippen LogP) is 13.3. The molecule has 7 rings (SSSR count). The third-order valence-electron chi connectivity index (χ3n) is 14.7. The molecule has 1 amide bonds. The van der Waals surface area contributed by atoms with E-state index in [1.807, 2.05) is 42.5 Å². The maximum Gasteiger partial charge on any atom is 0.409 e. The number of fused-ring (bicyclic) bond motifs is 2. The third kappa shape index (κ3) is 13.6. The van der Waals surface area contributed by atoms with Gasteiger partial charge < -0.3 is 43.6 Å². The Morgan fingerprint density at radius 3 is 2.23 bits per heavy atom. The zero-order valence-corrected chi connectivity index (χ0v) is 41.6. The number of hydrogen-bond acceptors (Lipinski definition) is 10. The van der Waals surface area contributed by atoms with Crippen LogP contribution in [0.5, 0.6) is 17.2 Å². The third-order valence-corrected chi connectivity index (χ3v) is 14.7. The molecule has 3 aromatic carbocycles. The van der Waals surface area contributed by atoms with Gasteiger partial charge in [-0.05, 0) is 104 Å². The predicted molar refractivity (Wildman–Crippen MR) is 273 cm³/mol. The summed E-state index contributed by atoms with van der Waals surface area (Å²) >= 11 is 0. The number of rotatable bonds is 28. The lowest BCUT2D eigenvalue weighted by molar-refractivity contribution is -0.254. The van der Waals surface area contributed by atoms with Gasteiger partial charge in [0.05, 0.1) is 31.5 Å². The molecule has 0 radical (unpaired) electrons. The second kappa shape index (κ2) is 27.1. The number of oxime groups is 1. The minimum absolute atomic E-state index is 0.0787. The van der Waals surface area contributed by atoms with Crippen LogP contribution in [0.25, 0.3) is 11.1 Å². The first kappa shape index (κ1) is 52.2. The first-order valence-electron chi connectivity index (χ1n) is 26.5. The van der Waals surface area contributed by atoms with Gasteiger partial charge in [-0.25, -0.2) is 4.79 Å². The van der Waals surface area contributed by atoms with E-state index in [0.29, 0.717) is 43.3 Å². The van der Waals surface area contributed by atoms with Crippen LogP contribution in [0, 0.1) is 17.8 Å². The first-order chi connectivity index (χ1) is 33.9. The van der Waals surface area contributed by atoms with Crippen LogP contribution in [0.15, 0.2) is 102 Å². The van der Waals surface area contributed by atoms with Gasteiger partial charge in [-0.15, -0.1) is 6.58 Å². The van der Waals surface area contributed by atoms with Crippen LogP contribution in [-0.4, -0.2) is 85.1 Å². The monoisotopic (exact) mass is 949 g/mol. The molecule has 11 heteroatoms. The Kier molecular flexibility index (Phi) is 20.5. The Labute approximate surface area is 412 Å². The molecule has 2 aliphatic heterocycles. The van der Waals surface area contributed by atoms with Gasteiger partial charge in [0.2, 0.25) is 12.1 Å². The minimum atomic E-state index is -1.37. The van der Waals surface area contributed by atoms with Crippen molar-refractivity contribution in [2.24, 2.45) is 22.9 Å². The van der Waals surface area contributed by atoms with Crippen LogP contribution < -0.4 is 9.47 Å². The highest BCUT2D eigenvalue weighted by molar-refractivity contribution is 6.03. The molecule has 0 spiro atoms. The Bertz CT molecular complexity index is 2090. The molecule has 2 heterocycles. The molecule has 3 aromatic rings. The zero-order chi connectivity index (χ0) is 48.3. The number of nitrogens with zero attached hydrogens (tertiary/aromatic N) is 2. The average Bonchev–Trinajstić information content (AvgIpc) is 3.38. The fourth-order valence-corrected chi connectivity index (χ4v) is 11.2.